The predicted molar refractivity (Wildman–Crippen MR) is 118 cm³/mol. The third-order valence-electron chi connectivity index (χ3n) is 4.32. The number of hydrogen-bond acceptors (Lipinski definition) is 0. The lowest BCUT2D eigenvalue weighted by atomic mass is 9.94. The Bertz CT molecular complexity index is 829. The maximum absolute atomic E-state index is 2.83. The molecule has 3 unspecified atom stereocenters. The lowest BCUT2D eigenvalue weighted by molar-refractivity contribution is 1.33. The zero-order chi connectivity index (χ0) is 17.1. The molecule has 0 heterocycles. The van der Waals surface area contributed by atoms with Gasteiger partial charge in [-0.15, -0.1) is 27.7 Å². The van der Waals surface area contributed by atoms with Crippen LogP contribution in [0, 0.1) is 6.92 Å². The summed E-state index contributed by atoms with van der Waals surface area (Å²) in [5.41, 5.74) is 9.20. The van der Waals surface area contributed by atoms with E-state index in [4.69, 9.17) is 0 Å². The summed E-state index contributed by atoms with van der Waals surface area (Å²) in [4.78, 5) is 0. The van der Waals surface area contributed by atoms with E-state index in [-0.39, 0.29) is 0 Å². The highest BCUT2D eigenvalue weighted by Crippen LogP contribution is 2.31. The molecule has 3 aromatic carbocycles. The Balaban J connectivity index is 2.10. The maximum Gasteiger partial charge on any atom is -0.0128 e. The van der Waals surface area contributed by atoms with Crippen LogP contribution in [0.5, 0.6) is 0 Å². The molecule has 24 heavy (non-hydrogen) atoms. The van der Waals surface area contributed by atoms with Crippen LogP contribution in [0.4, 0.5) is 0 Å². The number of rotatable bonds is 4. The van der Waals surface area contributed by atoms with Gasteiger partial charge in [0.15, 0.2) is 0 Å². The SMILES string of the molecule is Cc1ccc(-c2cc(CP)cc(CP)c2)cc1-c1ccc(P)cc1. The van der Waals surface area contributed by atoms with Crippen molar-refractivity contribution in [3.05, 3.63) is 77.4 Å². The molecular formula is C21H23P3. The topological polar surface area (TPSA) is 0 Å². The Labute approximate surface area is 152 Å². The van der Waals surface area contributed by atoms with Gasteiger partial charge < -0.3 is 0 Å². The fraction of sp³-hybridized carbons (Fsp3) is 0.143. The lowest BCUT2D eigenvalue weighted by Gasteiger charge is -2.12. The first kappa shape index (κ1) is 17.8. The van der Waals surface area contributed by atoms with Gasteiger partial charge in [0.05, 0.1) is 0 Å². The third kappa shape index (κ3) is 3.95. The molecular weight excluding hydrogens is 345 g/mol. The van der Waals surface area contributed by atoms with E-state index in [1.54, 1.807) is 0 Å². The molecule has 0 aliphatic carbocycles. The summed E-state index contributed by atoms with van der Waals surface area (Å²) < 4.78 is 0. The number of benzene rings is 3. The fourth-order valence-corrected chi connectivity index (χ4v) is 3.60. The van der Waals surface area contributed by atoms with E-state index in [1.165, 1.54) is 44.2 Å². The summed E-state index contributed by atoms with van der Waals surface area (Å²) in [5.74, 6) is 0. The van der Waals surface area contributed by atoms with Crippen LogP contribution in [-0.4, -0.2) is 0 Å². The van der Waals surface area contributed by atoms with E-state index >= 15 is 0 Å². The molecule has 0 aromatic heterocycles. The van der Waals surface area contributed by atoms with Gasteiger partial charge in [0.2, 0.25) is 0 Å². The van der Waals surface area contributed by atoms with Crippen molar-refractivity contribution in [3.63, 3.8) is 0 Å². The van der Waals surface area contributed by atoms with Crippen LogP contribution in [0.15, 0.2) is 60.7 Å². The minimum Gasteiger partial charge on any atom is -0.133 e. The summed E-state index contributed by atoms with van der Waals surface area (Å²) in [6, 6.07) is 22.4. The Morgan fingerprint density at radius 1 is 0.667 bits per heavy atom. The van der Waals surface area contributed by atoms with E-state index in [9.17, 15) is 0 Å². The quantitative estimate of drug-likeness (QED) is 0.528. The second-order valence-corrected chi connectivity index (χ2v) is 7.58. The Hall–Kier alpha value is -1.05. The van der Waals surface area contributed by atoms with Crippen LogP contribution in [0.1, 0.15) is 16.7 Å². The molecule has 0 fully saturated rings. The summed E-state index contributed by atoms with van der Waals surface area (Å²) in [5, 5.41) is 1.21. The van der Waals surface area contributed by atoms with E-state index in [1.807, 2.05) is 0 Å². The van der Waals surface area contributed by atoms with Gasteiger partial charge in [-0.05, 0) is 69.6 Å². The van der Waals surface area contributed by atoms with E-state index < -0.39 is 0 Å². The third-order valence-corrected chi connectivity index (χ3v) is 5.64. The Kier molecular flexibility index (Phi) is 5.84. The molecule has 3 atom stereocenters. The lowest BCUT2D eigenvalue weighted by Crippen LogP contribution is -1.91. The van der Waals surface area contributed by atoms with E-state index in [2.05, 4.69) is 95.3 Å². The molecule has 0 bridgehead atoms. The summed E-state index contributed by atoms with van der Waals surface area (Å²) >= 11 is 0. The molecule has 3 rings (SSSR count). The van der Waals surface area contributed by atoms with Crippen molar-refractivity contribution in [2.24, 2.45) is 0 Å². The molecule has 0 N–H and O–H groups in total. The number of aryl methyl sites for hydroxylation is 1. The second kappa shape index (κ2) is 7.89. The Morgan fingerprint density at radius 3 is 1.83 bits per heavy atom. The average molecular weight is 368 g/mol. The first-order valence-electron chi connectivity index (χ1n) is 8.10. The summed E-state index contributed by atoms with van der Waals surface area (Å²) in [7, 11) is 8.40. The Morgan fingerprint density at radius 2 is 1.25 bits per heavy atom. The molecule has 122 valence electrons. The van der Waals surface area contributed by atoms with Crippen molar-refractivity contribution >= 4 is 33.0 Å². The summed E-state index contributed by atoms with van der Waals surface area (Å²) in [6.07, 6.45) is 1.97. The van der Waals surface area contributed by atoms with Crippen LogP contribution in [0.3, 0.4) is 0 Å². The molecule has 0 radical (unpaired) electrons. The van der Waals surface area contributed by atoms with Gasteiger partial charge >= 0.3 is 0 Å². The van der Waals surface area contributed by atoms with Crippen LogP contribution < -0.4 is 5.30 Å². The van der Waals surface area contributed by atoms with Gasteiger partial charge in [-0.25, -0.2) is 0 Å². The van der Waals surface area contributed by atoms with Gasteiger partial charge in [-0.3, -0.25) is 0 Å². The molecule has 0 saturated heterocycles. The van der Waals surface area contributed by atoms with Crippen molar-refractivity contribution in [2.75, 3.05) is 0 Å². The van der Waals surface area contributed by atoms with Crippen LogP contribution in [0.25, 0.3) is 22.3 Å². The van der Waals surface area contributed by atoms with Gasteiger partial charge in [0.25, 0.3) is 0 Å². The van der Waals surface area contributed by atoms with Crippen molar-refractivity contribution in [3.8, 4) is 22.3 Å². The zero-order valence-electron chi connectivity index (χ0n) is 13.9. The highest BCUT2D eigenvalue weighted by molar-refractivity contribution is 7.27. The number of hydrogen-bond donors (Lipinski definition) is 0. The van der Waals surface area contributed by atoms with Gasteiger partial charge in [0.1, 0.15) is 0 Å². The van der Waals surface area contributed by atoms with Crippen LogP contribution >= 0.6 is 27.7 Å². The van der Waals surface area contributed by atoms with Crippen molar-refractivity contribution in [1.29, 1.82) is 0 Å². The van der Waals surface area contributed by atoms with Gasteiger partial charge in [-0.1, -0.05) is 54.6 Å². The monoisotopic (exact) mass is 368 g/mol. The van der Waals surface area contributed by atoms with Crippen molar-refractivity contribution in [2.45, 2.75) is 19.2 Å². The van der Waals surface area contributed by atoms with Crippen LogP contribution in [0.2, 0.25) is 0 Å². The average Bonchev–Trinajstić information content (AvgIpc) is 2.62. The molecule has 3 aromatic rings. The van der Waals surface area contributed by atoms with Crippen molar-refractivity contribution in [1.82, 2.24) is 0 Å². The van der Waals surface area contributed by atoms with Crippen LogP contribution in [-0.2, 0) is 12.3 Å². The minimum atomic E-state index is 0.986. The molecule has 0 aliphatic heterocycles. The predicted octanol–water partition coefficient (Wildman–Crippen LogP) is 5.58. The smallest absolute Gasteiger partial charge is 0.0128 e. The highest BCUT2D eigenvalue weighted by Gasteiger charge is 2.07. The van der Waals surface area contributed by atoms with E-state index in [0.29, 0.717) is 0 Å². The zero-order valence-corrected chi connectivity index (χ0v) is 17.4. The second-order valence-electron chi connectivity index (χ2n) is 6.10. The first-order valence-corrected chi connectivity index (χ1v) is 10.3. The molecule has 0 spiro atoms. The fourth-order valence-electron chi connectivity index (χ4n) is 2.94. The standard InChI is InChI=1S/C21H23P3/c1-14-2-3-18(11-21(14)17-4-6-20(24)7-5-17)19-9-15(12-22)8-16(10-19)13-23/h2-11H,12-13,22-24H2,1H3. The minimum absolute atomic E-state index is 0.986. The molecule has 3 heteroatoms. The normalized spacial score (nSPS) is 10.8. The summed E-state index contributed by atoms with van der Waals surface area (Å²) in [6.45, 7) is 2.18. The molecule has 0 nitrogen and oxygen atoms in total. The largest absolute Gasteiger partial charge is 0.133 e. The first-order chi connectivity index (χ1) is 11.6. The molecule has 0 amide bonds. The maximum atomic E-state index is 2.83. The molecule has 0 saturated carbocycles. The highest BCUT2D eigenvalue weighted by atomic mass is 31.0. The van der Waals surface area contributed by atoms with Crippen molar-refractivity contribution < 1.29 is 0 Å². The van der Waals surface area contributed by atoms with E-state index in [0.717, 1.165) is 12.3 Å². The van der Waals surface area contributed by atoms with Gasteiger partial charge in [0, 0.05) is 0 Å². The molecule has 0 aliphatic rings. The van der Waals surface area contributed by atoms with Gasteiger partial charge in [-0.2, -0.15) is 0 Å².